The monoisotopic (exact) mass is 565 g/mol. The lowest BCUT2D eigenvalue weighted by Gasteiger charge is -2.21. The van der Waals surface area contributed by atoms with Crippen LogP contribution >= 0.6 is 11.8 Å². The summed E-state index contributed by atoms with van der Waals surface area (Å²) in [5.41, 5.74) is 1.42. The van der Waals surface area contributed by atoms with Gasteiger partial charge >= 0.3 is 12.2 Å². The van der Waals surface area contributed by atoms with Crippen LogP contribution in [0.3, 0.4) is 0 Å². The fraction of sp³-hybridized carbons (Fsp3) is 0.346. The average molecular weight is 566 g/mol. The number of nitrogens with zero attached hydrogens (tertiary/aromatic N) is 4. The molecule has 0 radical (unpaired) electrons. The van der Waals surface area contributed by atoms with Gasteiger partial charge < -0.3 is 10.1 Å². The Hall–Kier alpha value is -3.74. The number of amides is 3. The van der Waals surface area contributed by atoms with Crippen LogP contribution in [0.25, 0.3) is 0 Å². The largest absolute Gasteiger partial charge is 0.497 e. The van der Waals surface area contributed by atoms with Crippen LogP contribution in [0, 0.1) is 6.92 Å². The van der Waals surface area contributed by atoms with Crippen LogP contribution in [0.2, 0.25) is 0 Å². The van der Waals surface area contributed by atoms with Crippen molar-refractivity contribution in [3.05, 3.63) is 58.7 Å². The first kappa shape index (κ1) is 29.8. The number of aryl methyl sites for hydroxylation is 1. The van der Waals surface area contributed by atoms with Crippen molar-refractivity contribution in [1.82, 2.24) is 5.32 Å². The van der Waals surface area contributed by atoms with E-state index in [9.17, 15) is 22.8 Å². The number of anilines is 1. The minimum Gasteiger partial charge on any atom is -0.497 e. The Balaban J connectivity index is 1.78. The van der Waals surface area contributed by atoms with Crippen LogP contribution < -0.4 is 15.0 Å². The first-order chi connectivity index (χ1) is 18.5. The van der Waals surface area contributed by atoms with E-state index in [0.717, 1.165) is 16.7 Å². The van der Waals surface area contributed by atoms with Gasteiger partial charge in [-0.2, -0.15) is 18.2 Å². The molecule has 3 rings (SSSR count). The van der Waals surface area contributed by atoms with Crippen molar-refractivity contribution < 1.29 is 31.9 Å². The van der Waals surface area contributed by atoms with Crippen LogP contribution in [0.1, 0.15) is 35.3 Å². The molecule has 0 spiro atoms. The molecule has 0 saturated carbocycles. The molecule has 1 fully saturated rings. The molecule has 0 aliphatic carbocycles. The second-order valence-electron chi connectivity index (χ2n) is 8.36. The van der Waals surface area contributed by atoms with Crippen LogP contribution in [0.5, 0.6) is 5.75 Å². The van der Waals surface area contributed by atoms with E-state index in [1.54, 1.807) is 45.3 Å². The Morgan fingerprint density at radius 2 is 2.00 bits per heavy atom. The predicted molar refractivity (Wildman–Crippen MR) is 145 cm³/mol. The predicted octanol–water partition coefficient (Wildman–Crippen LogP) is 5.43. The molecule has 1 heterocycles. The van der Waals surface area contributed by atoms with Crippen molar-refractivity contribution in [2.75, 3.05) is 31.4 Å². The maximum Gasteiger partial charge on any atom is 0.393 e. The van der Waals surface area contributed by atoms with Crippen LogP contribution in [0.4, 0.5) is 28.0 Å². The fourth-order valence-corrected chi connectivity index (χ4v) is 4.75. The Morgan fingerprint density at radius 3 is 2.62 bits per heavy atom. The molecule has 2 aromatic carbocycles. The van der Waals surface area contributed by atoms with Gasteiger partial charge in [-0.1, -0.05) is 30.0 Å². The molecule has 0 bridgehead atoms. The van der Waals surface area contributed by atoms with E-state index >= 15 is 4.39 Å². The minimum absolute atomic E-state index is 0.0882. The van der Waals surface area contributed by atoms with Gasteiger partial charge in [-0.05, 0) is 42.7 Å². The van der Waals surface area contributed by atoms with E-state index in [-0.39, 0.29) is 27.9 Å². The number of benzene rings is 2. The lowest BCUT2D eigenvalue weighted by Crippen LogP contribution is -2.33. The van der Waals surface area contributed by atoms with E-state index in [4.69, 9.17) is 4.74 Å². The van der Waals surface area contributed by atoms with Crippen molar-refractivity contribution in [2.24, 2.45) is 15.0 Å². The number of rotatable bonds is 7. The SMILES string of the molecule is CC=NC(=NC)c1ccc(C(F)CNC(=O)/N=C2\SCC(=O)N2c2cc(OC)ccc2CC(F)(F)F)c(C)c1. The highest BCUT2D eigenvalue weighted by Crippen LogP contribution is 2.35. The van der Waals surface area contributed by atoms with Gasteiger partial charge in [0.05, 0.1) is 31.5 Å². The van der Waals surface area contributed by atoms with Gasteiger partial charge in [-0.3, -0.25) is 14.7 Å². The lowest BCUT2D eigenvalue weighted by molar-refractivity contribution is -0.127. The normalized spacial score (nSPS) is 16.3. The van der Waals surface area contributed by atoms with E-state index in [1.807, 2.05) is 0 Å². The second-order valence-corrected chi connectivity index (χ2v) is 9.30. The molecular formula is C26H27F4N5O3S. The molecule has 1 atom stereocenters. The highest BCUT2D eigenvalue weighted by atomic mass is 32.2. The molecule has 1 unspecified atom stereocenters. The van der Waals surface area contributed by atoms with Gasteiger partial charge in [-0.15, -0.1) is 0 Å². The number of ether oxygens (including phenoxy) is 1. The number of hydrogen-bond donors (Lipinski definition) is 1. The summed E-state index contributed by atoms with van der Waals surface area (Å²) in [6, 6.07) is 7.91. The quantitative estimate of drug-likeness (QED) is 0.275. The zero-order chi connectivity index (χ0) is 28.7. The zero-order valence-electron chi connectivity index (χ0n) is 21.7. The van der Waals surface area contributed by atoms with Crippen molar-refractivity contribution in [3.63, 3.8) is 0 Å². The standard InChI is InChI=1S/C26H27F4N5O3S/c1-5-32-23(31-3)16-7-9-19(15(2)10-16)20(27)13-33-24(37)34-25-35(22(36)14-39-25)21-11-18(38-4)8-6-17(21)12-26(28,29)30/h5-11,20H,12-14H2,1-4H3,(H,33,37)/b31-23?,32-5?,34-25-. The van der Waals surface area contributed by atoms with Gasteiger partial charge in [0.15, 0.2) is 11.0 Å². The summed E-state index contributed by atoms with van der Waals surface area (Å²) < 4.78 is 59.6. The van der Waals surface area contributed by atoms with Gasteiger partial charge in [0.1, 0.15) is 11.9 Å². The van der Waals surface area contributed by atoms with Crippen LogP contribution in [-0.2, 0) is 11.2 Å². The van der Waals surface area contributed by atoms with Crippen molar-refractivity contribution in [3.8, 4) is 5.75 Å². The van der Waals surface area contributed by atoms with E-state index in [0.29, 0.717) is 22.5 Å². The molecule has 1 N–H and O–H groups in total. The van der Waals surface area contributed by atoms with E-state index < -0.39 is 37.3 Å². The zero-order valence-corrected chi connectivity index (χ0v) is 22.5. The number of amidine groups is 2. The molecule has 1 saturated heterocycles. The van der Waals surface area contributed by atoms with Crippen molar-refractivity contribution in [2.45, 2.75) is 32.6 Å². The Labute approximate surface area is 227 Å². The van der Waals surface area contributed by atoms with E-state index in [1.165, 1.54) is 25.3 Å². The number of halogens is 4. The molecule has 8 nitrogen and oxygen atoms in total. The smallest absolute Gasteiger partial charge is 0.393 e. The molecule has 3 amide bonds. The van der Waals surface area contributed by atoms with Crippen LogP contribution in [-0.4, -0.2) is 61.8 Å². The molecule has 1 aliphatic heterocycles. The molecule has 13 heteroatoms. The molecule has 1 aliphatic rings. The number of methoxy groups -OCH3 is 1. The third-order valence-corrected chi connectivity index (χ3v) is 6.57. The summed E-state index contributed by atoms with van der Waals surface area (Å²) in [5, 5.41) is 2.24. The van der Waals surface area contributed by atoms with Gasteiger partial charge in [0.2, 0.25) is 5.91 Å². The highest BCUT2D eigenvalue weighted by Gasteiger charge is 2.35. The first-order valence-corrected chi connectivity index (χ1v) is 12.7. The summed E-state index contributed by atoms with van der Waals surface area (Å²) in [5.74, 6) is 0.0425. The van der Waals surface area contributed by atoms with E-state index in [2.05, 4.69) is 20.3 Å². The van der Waals surface area contributed by atoms with Gasteiger partial charge in [-0.25, -0.2) is 14.2 Å². The summed E-state index contributed by atoms with van der Waals surface area (Å²) >= 11 is 0.892. The molecule has 39 heavy (non-hydrogen) atoms. The fourth-order valence-electron chi connectivity index (χ4n) is 3.89. The van der Waals surface area contributed by atoms with Crippen LogP contribution in [0.15, 0.2) is 51.4 Å². The number of alkyl halides is 4. The summed E-state index contributed by atoms with van der Waals surface area (Å²) in [6.45, 7) is 3.07. The van der Waals surface area contributed by atoms with Crippen molar-refractivity contribution >= 4 is 46.6 Å². The van der Waals surface area contributed by atoms with Gasteiger partial charge in [0.25, 0.3) is 0 Å². The molecule has 208 valence electrons. The molecular weight excluding hydrogens is 538 g/mol. The number of nitrogens with one attached hydrogen (secondary N) is 1. The summed E-state index contributed by atoms with van der Waals surface area (Å²) in [7, 11) is 2.94. The molecule has 0 aromatic heterocycles. The number of thioether (sulfide) groups is 1. The lowest BCUT2D eigenvalue weighted by atomic mass is 10.0. The maximum atomic E-state index is 15.0. The third-order valence-electron chi connectivity index (χ3n) is 5.65. The number of hydrogen-bond acceptors (Lipinski definition) is 5. The number of urea groups is 1. The number of aliphatic imine (C=N–C) groups is 3. The minimum atomic E-state index is -4.53. The molecule has 2 aromatic rings. The Morgan fingerprint density at radius 1 is 1.26 bits per heavy atom. The topological polar surface area (TPSA) is 95.7 Å². The highest BCUT2D eigenvalue weighted by molar-refractivity contribution is 8.15. The third kappa shape index (κ3) is 7.65. The summed E-state index contributed by atoms with van der Waals surface area (Å²) in [6.07, 6.45) is -5.79. The number of carbonyl (C=O) groups excluding carboxylic acids is 2. The Bertz CT molecular complexity index is 1330. The second kappa shape index (κ2) is 12.9. The maximum absolute atomic E-state index is 15.0. The van der Waals surface area contributed by atoms with Crippen molar-refractivity contribution in [1.29, 1.82) is 0 Å². The first-order valence-electron chi connectivity index (χ1n) is 11.7. The average Bonchev–Trinajstić information content (AvgIpc) is 3.24. The Kier molecular flexibility index (Phi) is 9.84. The number of carbonyl (C=O) groups is 2. The van der Waals surface area contributed by atoms with Gasteiger partial charge in [0, 0.05) is 24.9 Å². The summed E-state index contributed by atoms with van der Waals surface area (Å²) in [4.78, 5) is 38.2.